The van der Waals surface area contributed by atoms with Gasteiger partial charge in [-0.2, -0.15) is 0 Å². The molecule has 5 nitrogen and oxygen atoms in total. The van der Waals surface area contributed by atoms with Crippen LogP contribution in [0.25, 0.3) is 0 Å². The fourth-order valence-corrected chi connectivity index (χ4v) is 4.74. The monoisotopic (exact) mass is 409 g/mol. The number of aryl methyl sites for hydroxylation is 1. The zero-order valence-electron chi connectivity index (χ0n) is 15.2. The number of carboxylic acid groups (broad SMARTS) is 1. The number of fused-ring (bicyclic) bond motifs is 1. The number of hydrogen-bond donors (Lipinski definition) is 2. The predicted molar refractivity (Wildman–Crippen MR) is 108 cm³/mol. The van der Waals surface area contributed by atoms with E-state index in [1.807, 2.05) is 19.1 Å². The zero-order chi connectivity index (χ0) is 20.0. The lowest BCUT2D eigenvalue weighted by atomic mass is 9.83. The third-order valence-electron chi connectivity index (χ3n) is 4.73. The van der Waals surface area contributed by atoms with Crippen molar-refractivity contribution in [2.45, 2.75) is 45.1 Å². The van der Waals surface area contributed by atoms with Crippen molar-refractivity contribution < 1.29 is 18.3 Å². The summed E-state index contributed by atoms with van der Waals surface area (Å²) in [6.07, 6.45) is 6.65. The molecule has 146 valence electrons. The molecule has 0 bridgehead atoms. The Kier molecular flexibility index (Phi) is 7.41. The van der Waals surface area contributed by atoms with Crippen molar-refractivity contribution in [3.8, 4) is 0 Å². The van der Waals surface area contributed by atoms with Crippen LogP contribution in [0.3, 0.4) is 0 Å². The minimum absolute atomic E-state index is 0.0660. The summed E-state index contributed by atoms with van der Waals surface area (Å²) in [4.78, 5) is 11.0. The van der Waals surface area contributed by atoms with Gasteiger partial charge in [0.1, 0.15) is 0 Å². The molecule has 0 fully saturated rings. The van der Waals surface area contributed by atoms with E-state index < -0.39 is 16.0 Å². The van der Waals surface area contributed by atoms with Crippen LogP contribution in [0.1, 0.15) is 35.1 Å². The number of carbonyl (C=O) groups is 1. The van der Waals surface area contributed by atoms with E-state index in [0.717, 1.165) is 22.3 Å². The van der Waals surface area contributed by atoms with E-state index in [2.05, 4.69) is 11.3 Å². The Morgan fingerprint density at radius 1 is 1.44 bits per heavy atom. The number of nitrogens with one attached hydrogen (secondary N) is 1. The summed E-state index contributed by atoms with van der Waals surface area (Å²) in [6, 6.07) is 3.77. The SMILES string of the molecule is C=C/C(=C\C=C\Cl)S(=O)(=O)NC1CCc2c(ccc(C)c2CCC(=O)O)C1. The number of allylic oxidation sites excluding steroid dienone is 3. The molecule has 1 aromatic carbocycles. The maximum atomic E-state index is 12.6. The van der Waals surface area contributed by atoms with E-state index in [1.165, 1.54) is 23.8 Å². The molecular formula is C20H24ClNO4S. The highest BCUT2D eigenvalue weighted by molar-refractivity contribution is 7.93. The molecule has 1 aliphatic carbocycles. The molecule has 1 aliphatic rings. The normalized spacial score (nSPS) is 17.7. The summed E-state index contributed by atoms with van der Waals surface area (Å²) in [6.45, 7) is 5.54. The number of carboxylic acids is 1. The molecule has 7 heteroatoms. The number of hydrogen-bond acceptors (Lipinski definition) is 3. The fraction of sp³-hybridized carbons (Fsp3) is 0.350. The van der Waals surface area contributed by atoms with Crippen LogP contribution in [0.4, 0.5) is 0 Å². The van der Waals surface area contributed by atoms with E-state index in [-0.39, 0.29) is 17.4 Å². The second-order valence-corrected chi connectivity index (χ2v) is 8.51. The van der Waals surface area contributed by atoms with Gasteiger partial charge < -0.3 is 5.11 Å². The molecule has 0 aromatic heterocycles. The maximum Gasteiger partial charge on any atom is 0.303 e. The fourth-order valence-electron chi connectivity index (χ4n) is 3.41. The molecule has 0 radical (unpaired) electrons. The van der Waals surface area contributed by atoms with Crippen molar-refractivity contribution in [2.24, 2.45) is 0 Å². The van der Waals surface area contributed by atoms with Gasteiger partial charge in [0.2, 0.25) is 10.0 Å². The summed E-state index contributed by atoms with van der Waals surface area (Å²) in [5.74, 6) is -0.816. The molecule has 2 N–H and O–H groups in total. The highest BCUT2D eigenvalue weighted by atomic mass is 35.5. The Bertz CT molecular complexity index is 887. The Morgan fingerprint density at radius 3 is 2.81 bits per heavy atom. The first-order valence-corrected chi connectivity index (χ1v) is 10.6. The van der Waals surface area contributed by atoms with Gasteiger partial charge in [0.15, 0.2) is 0 Å². The Morgan fingerprint density at radius 2 is 2.19 bits per heavy atom. The molecule has 27 heavy (non-hydrogen) atoms. The second-order valence-electron chi connectivity index (χ2n) is 6.55. The first kappa shape index (κ1) is 21.4. The van der Waals surface area contributed by atoms with Crippen LogP contribution < -0.4 is 4.72 Å². The van der Waals surface area contributed by atoms with Crippen molar-refractivity contribution in [2.75, 3.05) is 0 Å². The Labute approximate surface area is 165 Å². The number of benzene rings is 1. The molecular weight excluding hydrogens is 386 g/mol. The molecule has 1 unspecified atom stereocenters. The lowest BCUT2D eigenvalue weighted by Gasteiger charge is -2.28. The molecule has 2 rings (SSSR count). The topological polar surface area (TPSA) is 83.5 Å². The summed E-state index contributed by atoms with van der Waals surface area (Å²) >= 11 is 5.46. The molecule has 0 spiro atoms. The van der Waals surface area contributed by atoms with Crippen LogP contribution in [0.15, 0.2) is 47.4 Å². The van der Waals surface area contributed by atoms with Crippen LogP contribution in [-0.4, -0.2) is 25.5 Å². The maximum absolute atomic E-state index is 12.6. The minimum atomic E-state index is -3.68. The third-order valence-corrected chi connectivity index (χ3v) is 6.44. The van der Waals surface area contributed by atoms with Gasteiger partial charge in [-0.05, 0) is 73.1 Å². The Hall–Kier alpha value is -1.89. The first-order chi connectivity index (χ1) is 12.8. The van der Waals surface area contributed by atoms with Gasteiger partial charge in [-0.15, -0.1) is 0 Å². The summed E-state index contributed by atoms with van der Waals surface area (Å²) in [5, 5.41) is 8.97. The zero-order valence-corrected chi connectivity index (χ0v) is 16.8. The van der Waals surface area contributed by atoms with Crippen molar-refractivity contribution in [1.82, 2.24) is 4.72 Å². The van der Waals surface area contributed by atoms with Gasteiger partial charge in [0, 0.05) is 18.0 Å². The second kappa shape index (κ2) is 9.35. The average molecular weight is 410 g/mol. The smallest absolute Gasteiger partial charge is 0.303 e. The number of rotatable bonds is 8. The molecule has 0 saturated carbocycles. The third kappa shape index (κ3) is 5.54. The lowest BCUT2D eigenvalue weighted by Crippen LogP contribution is -2.39. The van der Waals surface area contributed by atoms with E-state index in [0.29, 0.717) is 25.7 Å². The van der Waals surface area contributed by atoms with Gasteiger partial charge in [-0.25, -0.2) is 13.1 Å². The summed E-state index contributed by atoms with van der Waals surface area (Å²) in [5.41, 5.74) is 5.63. The van der Waals surface area contributed by atoms with Crippen LogP contribution in [0, 0.1) is 6.92 Å². The number of aliphatic carboxylic acids is 1. The first-order valence-electron chi connectivity index (χ1n) is 8.72. The minimum Gasteiger partial charge on any atom is -0.481 e. The molecule has 0 amide bonds. The summed E-state index contributed by atoms with van der Waals surface area (Å²) in [7, 11) is -3.68. The van der Waals surface area contributed by atoms with Gasteiger partial charge >= 0.3 is 5.97 Å². The molecule has 0 saturated heterocycles. The van der Waals surface area contributed by atoms with E-state index in [1.54, 1.807) is 0 Å². The quantitative estimate of drug-likeness (QED) is 0.642. The van der Waals surface area contributed by atoms with Crippen molar-refractivity contribution in [3.63, 3.8) is 0 Å². The molecule has 0 aliphatic heterocycles. The average Bonchev–Trinajstić information content (AvgIpc) is 2.61. The predicted octanol–water partition coefficient (Wildman–Crippen LogP) is 3.61. The van der Waals surface area contributed by atoms with Crippen LogP contribution in [0.5, 0.6) is 0 Å². The van der Waals surface area contributed by atoms with Crippen molar-refractivity contribution in [3.05, 3.63) is 69.6 Å². The van der Waals surface area contributed by atoms with Crippen molar-refractivity contribution >= 4 is 27.6 Å². The number of halogens is 1. The molecule has 1 aromatic rings. The van der Waals surface area contributed by atoms with Crippen molar-refractivity contribution in [1.29, 1.82) is 0 Å². The molecule has 1 atom stereocenters. The van der Waals surface area contributed by atoms with E-state index in [9.17, 15) is 13.2 Å². The largest absolute Gasteiger partial charge is 0.481 e. The van der Waals surface area contributed by atoms with Gasteiger partial charge in [-0.1, -0.05) is 30.3 Å². The van der Waals surface area contributed by atoms with Crippen LogP contribution >= 0.6 is 11.6 Å². The van der Waals surface area contributed by atoms with E-state index >= 15 is 0 Å². The highest BCUT2D eigenvalue weighted by Crippen LogP contribution is 2.28. The van der Waals surface area contributed by atoms with Gasteiger partial charge in [-0.3, -0.25) is 4.79 Å². The standard InChI is InChI=1S/C20H24ClNO4S/c1-3-17(5-4-12-21)27(25,26)22-16-8-9-19-15(13-16)7-6-14(2)18(19)10-11-20(23)24/h3-7,12,16,22H,1,8-11,13H2,2H3,(H,23,24)/b12-4+,17-5+. The Balaban J connectivity index is 2.20. The van der Waals surface area contributed by atoms with Crippen LogP contribution in [0.2, 0.25) is 0 Å². The van der Waals surface area contributed by atoms with E-state index in [4.69, 9.17) is 16.7 Å². The highest BCUT2D eigenvalue weighted by Gasteiger charge is 2.26. The summed E-state index contributed by atoms with van der Waals surface area (Å²) < 4.78 is 27.8. The lowest BCUT2D eigenvalue weighted by molar-refractivity contribution is -0.136. The molecule has 0 heterocycles. The van der Waals surface area contributed by atoms with Crippen LogP contribution in [-0.2, 0) is 34.1 Å². The van der Waals surface area contributed by atoms with Gasteiger partial charge in [0.25, 0.3) is 0 Å². The number of sulfonamides is 1. The van der Waals surface area contributed by atoms with Gasteiger partial charge in [0.05, 0.1) is 4.91 Å².